The first-order valence-corrected chi connectivity index (χ1v) is 3.61. The van der Waals surface area contributed by atoms with Gasteiger partial charge in [-0.1, -0.05) is 0 Å². The van der Waals surface area contributed by atoms with Crippen LogP contribution < -0.4 is 0 Å². The fourth-order valence-corrected chi connectivity index (χ4v) is 1.01. The Morgan fingerprint density at radius 3 is 2.73 bits per heavy atom. The minimum Gasteiger partial charge on any atom is -0.466 e. The van der Waals surface area contributed by atoms with Crippen LogP contribution in [0.1, 0.15) is 13.3 Å². The number of halogens is 2. The van der Waals surface area contributed by atoms with Crippen molar-refractivity contribution in [2.24, 2.45) is 5.92 Å². The third kappa shape index (κ3) is 1.91. The first-order valence-electron chi connectivity index (χ1n) is 3.61. The molecule has 0 N–H and O–H groups in total. The fraction of sp³-hybridized carbons (Fsp3) is 0.833. The van der Waals surface area contributed by atoms with Gasteiger partial charge in [0.25, 0.3) is 0 Å². The first kappa shape index (κ1) is 8.49. The third-order valence-corrected chi connectivity index (χ3v) is 1.75. The third-order valence-electron chi connectivity index (χ3n) is 1.75. The van der Waals surface area contributed by atoms with Gasteiger partial charge in [0.15, 0.2) is 0 Å². The Morgan fingerprint density at radius 1 is 1.73 bits per heavy atom. The molecule has 0 spiro atoms. The lowest BCUT2D eigenvalue weighted by molar-refractivity contribution is -0.144. The van der Waals surface area contributed by atoms with E-state index in [1.54, 1.807) is 6.92 Å². The van der Waals surface area contributed by atoms with Crippen LogP contribution in [0.25, 0.3) is 0 Å². The van der Waals surface area contributed by atoms with Crippen molar-refractivity contribution in [1.82, 2.24) is 0 Å². The molecule has 0 aromatic heterocycles. The van der Waals surface area contributed by atoms with Gasteiger partial charge in [0, 0.05) is 5.82 Å². The fourth-order valence-electron chi connectivity index (χ4n) is 1.01. The molecule has 0 aromatic carbocycles. The molecule has 0 unspecified atom stereocenters. The van der Waals surface area contributed by atoms with Gasteiger partial charge in [0.05, 0.1) is 12.5 Å². The molecular weight excluding hydrogens is 153 g/mol. The van der Waals surface area contributed by atoms with Gasteiger partial charge in [-0.15, -0.1) is 0 Å². The van der Waals surface area contributed by atoms with Gasteiger partial charge in [-0.05, 0) is 13.3 Å². The van der Waals surface area contributed by atoms with Crippen molar-refractivity contribution in [3.05, 3.63) is 0 Å². The molecule has 0 amide bonds. The summed E-state index contributed by atoms with van der Waals surface area (Å²) < 4.78 is 28.3. The maximum atomic E-state index is 11.9. The van der Waals surface area contributed by atoms with Crippen LogP contribution in [-0.2, 0) is 9.53 Å². The van der Waals surface area contributed by atoms with E-state index in [0.717, 1.165) is 0 Å². The van der Waals surface area contributed by atoms with Crippen LogP contribution in [0.3, 0.4) is 0 Å². The highest BCUT2D eigenvalue weighted by atomic mass is 19.2. The molecule has 0 saturated heterocycles. The number of rotatable bonds is 3. The van der Waals surface area contributed by atoms with E-state index in [4.69, 9.17) is 0 Å². The standard InChI is InChI=1S/C6H9BF2O2/c1-2-11-6(10)4-3-5(4)7(8)9/h4-5H,2-3H2,1H3/t4-,5-/m0/s1. The summed E-state index contributed by atoms with van der Waals surface area (Å²) in [5.74, 6) is -1.75. The van der Waals surface area contributed by atoms with E-state index in [1.165, 1.54) is 0 Å². The molecule has 1 aliphatic rings. The second kappa shape index (κ2) is 3.20. The average Bonchev–Trinajstić information content (AvgIpc) is 2.65. The van der Waals surface area contributed by atoms with E-state index in [1.807, 2.05) is 0 Å². The van der Waals surface area contributed by atoms with Crippen molar-refractivity contribution >= 4 is 13.2 Å². The second-order valence-corrected chi connectivity index (χ2v) is 2.59. The monoisotopic (exact) mass is 162 g/mol. The molecule has 5 heteroatoms. The summed E-state index contributed by atoms with van der Waals surface area (Å²) in [4.78, 5) is 10.8. The van der Waals surface area contributed by atoms with Crippen LogP contribution in [0.2, 0.25) is 5.82 Å². The highest BCUT2D eigenvalue weighted by Crippen LogP contribution is 2.48. The number of ether oxygens (including phenoxy) is 1. The number of carbonyl (C=O) groups is 1. The SMILES string of the molecule is CCOC(=O)[C@H]1C[C@@H]1B(F)F. The highest BCUT2D eigenvalue weighted by Gasteiger charge is 2.53. The van der Waals surface area contributed by atoms with Crippen molar-refractivity contribution < 1.29 is 18.2 Å². The molecule has 2 nitrogen and oxygen atoms in total. The van der Waals surface area contributed by atoms with Gasteiger partial charge in [0.2, 0.25) is 0 Å². The van der Waals surface area contributed by atoms with Crippen molar-refractivity contribution in [1.29, 1.82) is 0 Å². The van der Waals surface area contributed by atoms with Crippen LogP contribution in [0.15, 0.2) is 0 Å². The van der Waals surface area contributed by atoms with Gasteiger partial charge >= 0.3 is 13.2 Å². The van der Waals surface area contributed by atoms with Crippen molar-refractivity contribution in [3.8, 4) is 0 Å². The Kier molecular flexibility index (Phi) is 2.47. The lowest BCUT2D eigenvalue weighted by atomic mass is 9.88. The number of hydrogen-bond acceptors (Lipinski definition) is 2. The minimum absolute atomic E-state index is 0.269. The molecule has 0 aliphatic heterocycles. The molecule has 62 valence electrons. The Morgan fingerprint density at radius 2 is 2.36 bits per heavy atom. The van der Waals surface area contributed by atoms with Crippen LogP contribution in [0, 0.1) is 5.92 Å². The zero-order valence-electron chi connectivity index (χ0n) is 6.22. The zero-order valence-corrected chi connectivity index (χ0v) is 6.22. The Balaban J connectivity index is 2.26. The van der Waals surface area contributed by atoms with Gasteiger partial charge < -0.3 is 4.74 Å². The van der Waals surface area contributed by atoms with E-state index >= 15 is 0 Å². The van der Waals surface area contributed by atoms with E-state index < -0.39 is 25.0 Å². The van der Waals surface area contributed by atoms with Gasteiger partial charge in [-0.2, -0.15) is 0 Å². The smallest absolute Gasteiger partial charge is 0.466 e. The summed E-state index contributed by atoms with van der Waals surface area (Å²) in [5, 5.41) is 0. The van der Waals surface area contributed by atoms with Crippen LogP contribution >= 0.6 is 0 Å². The van der Waals surface area contributed by atoms with Crippen LogP contribution in [-0.4, -0.2) is 19.8 Å². The first-order chi connectivity index (χ1) is 5.16. The highest BCUT2D eigenvalue weighted by molar-refractivity contribution is 6.46. The predicted octanol–water partition coefficient (Wildman–Crippen LogP) is 1.37. The quantitative estimate of drug-likeness (QED) is 0.462. The summed E-state index contributed by atoms with van der Waals surface area (Å²) in [6.07, 6.45) is 0.288. The summed E-state index contributed by atoms with van der Waals surface area (Å²) in [7, 11) is -2.37. The Bertz CT molecular complexity index is 163. The molecule has 1 fully saturated rings. The van der Waals surface area contributed by atoms with Crippen molar-refractivity contribution in [2.45, 2.75) is 19.2 Å². The van der Waals surface area contributed by atoms with Crippen molar-refractivity contribution in [3.63, 3.8) is 0 Å². The molecule has 11 heavy (non-hydrogen) atoms. The van der Waals surface area contributed by atoms with Crippen LogP contribution in [0.4, 0.5) is 8.63 Å². The molecule has 0 heterocycles. The number of carbonyl (C=O) groups excluding carboxylic acids is 1. The number of hydrogen-bond donors (Lipinski definition) is 0. The molecule has 1 saturated carbocycles. The Labute approximate surface area is 64.1 Å². The van der Waals surface area contributed by atoms with Gasteiger partial charge in [-0.25, -0.2) is 0 Å². The van der Waals surface area contributed by atoms with Crippen LogP contribution in [0.5, 0.6) is 0 Å². The summed E-state index contributed by atoms with van der Waals surface area (Å²) >= 11 is 0. The summed E-state index contributed by atoms with van der Waals surface area (Å²) in [6.45, 7) is 1.93. The molecule has 1 rings (SSSR count). The lowest BCUT2D eigenvalue weighted by Crippen LogP contribution is -2.09. The predicted molar refractivity (Wildman–Crippen MR) is 36.5 cm³/mol. The summed E-state index contributed by atoms with van der Waals surface area (Å²) in [5.41, 5.74) is 0. The van der Waals surface area contributed by atoms with Crippen molar-refractivity contribution in [2.75, 3.05) is 6.61 Å². The lowest BCUT2D eigenvalue weighted by Gasteiger charge is -1.97. The van der Waals surface area contributed by atoms with Gasteiger partial charge in [0.1, 0.15) is 0 Å². The average molecular weight is 162 g/mol. The normalized spacial score (nSPS) is 27.9. The zero-order chi connectivity index (χ0) is 8.43. The van der Waals surface area contributed by atoms with E-state index in [2.05, 4.69) is 4.74 Å². The maximum Gasteiger partial charge on any atom is 0.542 e. The maximum absolute atomic E-state index is 11.9. The molecule has 0 radical (unpaired) electrons. The Hall–Kier alpha value is -0.605. The van der Waals surface area contributed by atoms with E-state index in [-0.39, 0.29) is 13.0 Å². The van der Waals surface area contributed by atoms with Gasteiger partial charge in [-0.3, -0.25) is 13.4 Å². The number of esters is 1. The molecule has 1 aliphatic carbocycles. The molecular formula is C6H9BF2O2. The second-order valence-electron chi connectivity index (χ2n) is 2.59. The van der Waals surface area contributed by atoms with E-state index in [9.17, 15) is 13.4 Å². The molecule has 0 bridgehead atoms. The minimum atomic E-state index is -2.37. The van der Waals surface area contributed by atoms with E-state index in [0.29, 0.717) is 0 Å². The largest absolute Gasteiger partial charge is 0.542 e. The summed E-state index contributed by atoms with van der Waals surface area (Å²) in [6, 6.07) is 0. The molecule has 2 atom stereocenters. The topological polar surface area (TPSA) is 26.3 Å². The molecule has 0 aromatic rings.